The van der Waals surface area contributed by atoms with Gasteiger partial charge in [-0.1, -0.05) is 115 Å². The minimum Gasteiger partial charge on any atom is -0.507 e. The standard InChI is InChI=1S/C62H111N11O12.C25H28O6/c1-25-27-28-40(15)52(75)51-56(79)65-43(26-2)58(81)67(18)33-48(74)68(19)44(29-34(3)4)55(78)66-49(38(11)12)61(84)69(20)45(30-35(5)6)54(77)63-41(16)53(76)64-42(17)57(80)70(21)46(31-36(7)8)59(82)71(22)47(32-37(9)10)60(83)72(23)50(39(13)14)62(85)73(51)24;1-24(2)9-8-16-20(30-24)7-6-14(23(16)29-5)11-18(26)17-10-15-12-22(28)25(3,4)31-21(15)13-19(17)27/h25,27,34-47,49-52,75H,26,28-33H2,1-24H3,(H,63,77)(H,64,76)(H,65,79)(H,66,78);6-10,13,22,27-28H,11-12H2,1-5H3. The number of phenols is 1. The number of hydrogen-bond donors (Lipinski definition) is 7. The number of Topliss-reactive ketones (excluding diaryl/α,β-unsaturated/α-hetero) is 1. The van der Waals surface area contributed by atoms with E-state index in [2.05, 4.69) is 21.3 Å². The highest BCUT2D eigenvalue weighted by Gasteiger charge is 2.47. The number of aromatic hydroxyl groups is 1. The van der Waals surface area contributed by atoms with Gasteiger partial charge in [-0.25, -0.2) is 0 Å². The highest BCUT2D eigenvalue weighted by atomic mass is 16.5. The molecule has 650 valence electrons. The van der Waals surface area contributed by atoms with E-state index in [4.69, 9.17) is 14.2 Å². The second-order valence-corrected chi connectivity index (χ2v) is 35.3. The topological polar surface area (TPSA) is 364 Å². The van der Waals surface area contributed by atoms with E-state index in [1.807, 2.05) is 99.6 Å². The van der Waals surface area contributed by atoms with Crippen LogP contribution in [-0.4, -0.2) is 267 Å². The summed E-state index contributed by atoms with van der Waals surface area (Å²) in [6.07, 6.45) is 6.64. The quantitative estimate of drug-likeness (QED) is 0.0533. The fourth-order valence-corrected chi connectivity index (χ4v) is 14.7. The predicted molar refractivity (Wildman–Crippen MR) is 446 cm³/mol. The van der Waals surface area contributed by atoms with Crippen LogP contribution in [0.15, 0.2) is 42.5 Å². The summed E-state index contributed by atoms with van der Waals surface area (Å²) in [5.41, 5.74) is 1.22. The van der Waals surface area contributed by atoms with E-state index in [1.54, 1.807) is 81.6 Å². The molecule has 0 saturated carbocycles. The molecule has 3 heterocycles. The molecule has 29 nitrogen and oxygen atoms in total. The van der Waals surface area contributed by atoms with Gasteiger partial charge in [0.15, 0.2) is 5.78 Å². The molecule has 3 aliphatic rings. The number of aliphatic hydroxyl groups is 2. The highest BCUT2D eigenvalue weighted by molar-refractivity contribution is 6.02. The van der Waals surface area contributed by atoms with Crippen LogP contribution in [-0.2, 0) is 65.6 Å². The lowest BCUT2D eigenvalue weighted by Gasteiger charge is -2.41. The van der Waals surface area contributed by atoms with Gasteiger partial charge in [-0.2, -0.15) is 0 Å². The predicted octanol–water partition coefficient (Wildman–Crippen LogP) is 7.35. The molecule has 5 rings (SSSR count). The van der Waals surface area contributed by atoms with Crippen molar-refractivity contribution < 1.29 is 87.1 Å². The summed E-state index contributed by atoms with van der Waals surface area (Å²) in [6.45, 7) is 36.8. The zero-order chi connectivity index (χ0) is 88.5. The second-order valence-electron chi connectivity index (χ2n) is 35.3. The van der Waals surface area contributed by atoms with Gasteiger partial charge < -0.3 is 85.1 Å². The Balaban J connectivity index is 0.000000748. The summed E-state index contributed by atoms with van der Waals surface area (Å²) in [5, 5.41) is 43.9. The number of likely N-dealkylation sites (N-methyl/N-ethyl adjacent to an activating group) is 7. The van der Waals surface area contributed by atoms with Crippen molar-refractivity contribution in [1.29, 1.82) is 0 Å². The van der Waals surface area contributed by atoms with Crippen molar-refractivity contribution in [2.24, 2.45) is 41.4 Å². The molecule has 29 heteroatoms. The van der Waals surface area contributed by atoms with Crippen molar-refractivity contribution in [3.63, 3.8) is 0 Å². The van der Waals surface area contributed by atoms with Crippen LogP contribution >= 0.6 is 0 Å². The van der Waals surface area contributed by atoms with Gasteiger partial charge in [0, 0.05) is 73.8 Å². The van der Waals surface area contributed by atoms with Gasteiger partial charge >= 0.3 is 0 Å². The number of allylic oxidation sites excluding steroid dienone is 2. The van der Waals surface area contributed by atoms with Crippen molar-refractivity contribution >= 4 is 76.8 Å². The molecule has 1 saturated heterocycles. The van der Waals surface area contributed by atoms with Crippen LogP contribution in [0.3, 0.4) is 0 Å². The normalized spacial score (nSPS) is 25.1. The molecule has 3 aliphatic heterocycles. The number of phenolic OH excluding ortho intramolecular Hbond substituents is 1. The van der Waals surface area contributed by atoms with Crippen LogP contribution in [0.1, 0.15) is 211 Å². The Morgan fingerprint density at radius 1 is 0.586 bits per heavy atom. The summed E-state index contributed by atoms with van der Waals surface area (Å²) < 4.78 is 17.4. The van der Waals surface area contributed by atoms with E-state index < -0.39 is 173 Å². The van der Waals surface area contributed by atoms with Gasteiger partial charge in [-0.15, -0.1) is 0 Å². The van der Waals surface area contributed by atoms with Crippen molar-refractivity contribution in [3.05, 3.63) is 64.7 Å². The van der Waals surface area contributed by atoms with E-state index in [0.29, 0.717) is 41.2 Å². The number of ketones is 1. The molecule has 2 aromatic rings. The largest absolute Gasteiger partial charge is 0.507 e. The molecule has 116 heavy (non-hydrogen) atoms. The number of carbonyl (C=O) groups excluding carboxylic acids is 12. The Morgan fingerprint density at radius 2 is 1.09 bits per heavy atom. The molecule has 11 amide bonds. The third-order valence-electron chi connectivity index (χ3n) is 22.0. The average molecular weight is 1630 g/mol. The van der Waals surface area contributed by atoms with E-state index in [-0.39, 0.29) is 79.3 Å². The second kappa shape index (κ2) is 42.8. The number of rotatable bonds is 19. The number of amides is 11. The molecule has 0 spiro atoms. The summed E-state index contributed by atoms with van der Waals surface area (Å²) in [5.74, 6) is -8.33. The number of benzene rings is 2. The Kier molecular flexibility index (Phi) is 36.7. The third-order valence-corrected chi connectivity index (χ3v) is 22.0. The molecule has 0 aromatic heterocycles. The molecule has 0 aliphatic carbocycles. The van der Waals surface area contributed by atoms with E-state index in [0.717, 1.165) is 15.4 Å². The summed E-state index contributed by atoms with van der Waals surface area (Å²) >= 11 is 0. The van der Waals surface area contributed by atoms with Crippen molar-refractivity contribution in [2.75, 3.05) is 63.0 Å². The van der Waals surface area contributed by atoms with Crippen molar-refractivity contribution in [2.45, 2.75) is 281 Å². The maximum atomic E-state index is 15.1. The van der Waals surface area contributed by atoms with Gasteiger partial charge in [-0.05, 0) is 158 Å². The summed E-state index contributed by atoms with van der Waals surface area (Å²) in [4.78, 5) is 182. The number of aliphatic hydroxyl groups excluding tert-OH is 2. The molecule has 7 N–H and O–H groups in total. The van der Waals surface area contributed by atoms with Crippen molar-refractivity contribution in [1.82, 2.24) is 55.6 Å². The molecule has 1 fully saturated rings. The lowest BCUT2D eigenvalue weighted by atomic mass is 9.89. The van der Waals surface area contributed by atoms with E-state index in [1.165, 1.54) is 93.7 Å². The zero-order valence-corrected chi connectivity index (χ0v) is 74.5. The number of ether oxygens (including phenoxy) is 3. The minimum absolute atomic E-state index is 0.0229. The Bertz CT molecular complexity index is 3870. The molecular formula is C87H139N11O18. The van der Waals surface area contributed by atoms with Crippen LogP contribution in [0.2, 0.25) is 0 Å². The first-order chi connectivity index (χ1) is 53.7. The van der Waals surface area contributed by atoms with Crippen LogP contribution in [0, 0.1) is 41.4 Å². The SMILES string of the molecule is CC=CCC(C)C(O)C1C(=O)NC(CC)C(=O)N(C)CC(=O)N(C)C(CC(C)C)C(=O)NC(C(C)C)C(=O)N(C)C(CC(C)C)C(=O)NC(C)C(=O)NC(C)C(=O)N(C)C(CC(C)C)C(=O)N(C)C(CC(C)C)C(=O)N(C)C(C(C)C)C(=O)N1C.COc1c(CC(=O)c2cc3c(cc2O)OC(C)(C)C(O)C3)ccc2c1C=CC(C)(C)O2. The van der Waals surface area contributed by atoms with Crippen LogP contribution in [0.4, 0.5) is 0 Å². The molecule has 2 aromatic carbocycles. The Morgan fingerprint density at radius 3 is 1.60 bits per heavy atom. The smallest absolute Gasteiger partial charge is 0.246 e. The lowest BCUT2D eigenvalue weighted by Crippen LogP contribution is -2.63. The first-order valence-corrected chi connectivity index (χ1v) is 40.9. The van der Waals surface area contributed by atoms with Crippen molar-refractivity contribution in [3.8, 4) is 23.0 Å². The number of nitrogens with zero attached hydrogens (tertiary/aromatic N) is 7. The first kappa shape index (κ1) is 99.2. The maximum Gasteiger partial charge on any atom is 0.246 e. The van der Waals surface area contributed by atoms with E-state index in [9.17, 15) is 63.3 Å². The number of carbonyl (C=O) groups is 12. The molecule has 0 radical (unpaired) electrons. The molecule has 13 unspecified atom stereocenters. The monoisotopic (exact) mass is 1630 g/mol. The fourth-order valence-electron chi connectivity index (χ4n) is 14.7. The summed E-state index contributed by atoms with van der Waals surface area (Å²) in [7, 11) is 11.5. The Labute approximate surface area is 689 Å². The fraction of sp³-hybridized carbons (Fsp3) is 0.678. The van der Waals surface area contributed by atoms with Gasteiger partial charge in [0.05, 0.1) is 37.0 Å². The molecular weight excluding hydrogens is 1490 g/mol. The highest BCUT2D eigenvalue weighted by Crippen LogP contribution is 2.42. The third kappa shape index (κ3) is 25.7. The summed E-state index contributed by atoms with van der Waals surface area (Å²) in [6, 6.07) is -5.60. The molecule has 13 atom stereocenters. The Hall–Kier alpha value is -9.12. The maximum absolute atomic E-state index is 15.1. The number of methoxy groups -OCH3 is 1. The number of nitrogens with one attached hydrogen (secondary N) is 4. The van der Waals surface area contributed by atoms with Gasteiger partial charge in [0.25, 0.3) is 0 Å². The average Bonchev–Trinajstić information content (AvgIpc) is 0.834. The first-order valence-electron chi connectivity index (χ1n) is 40.9. The van der Waals surface area contributed by atoms with Crippen LogP contribution < -0.4 is 35.5 Å². The van der Waals surface area contributed by atoms with Crippen LogP contribution in [0.25, 0.3) is 6.08 Å². The van der Waals surface area contributed by atoms with E-state index >= 15 is 9.59 Å². The van der Waals surface area contributed by atoms with Gasteiger partial charge in [-0.3, -0.25) is 57.5 Å². The lowest BCUT2D eigenvalue weighted by molar-refractivity contribution is -0.157. The minimum atomic E-state index is -1.61. The van der Waals surface area contributed by atoms with Gasteiger partial charge in [0.2, 0.25) is 65.0 Å². The number of fused-ring (bicyclic) bond motifs is 2. The van der Waals surface area contributed by atoms with Gasteiger partial charge in [0.1, 0.15) is 94.6 Å². The zero-order valence-electron chi connectivity index (χ0n) is 74.5. The van der Waals surface area contributed by atoms with Crippen LogP contribution in [0.5, 0.6) is 23.0 Å². The molecule has 0 bridgehead atoms. The number of hydrogen-bond acceptors (Lipinski definition) is 18.